The van der Waals surface area contributed by atoms with Crippen molar-refractivity contribution in [2.24, 2.45) is 7.05 Å². The molecule has 0 amide bonds. The smallest absolute Gasteiger partial charge is 0.261 e. The van der Waals surface area contributed by atoms with Gasteiger partial charge in [0.25, 0.3) is 12.0 Å². The summed E-state index contributed by atoms with van der Waals surface area (Å²) in [5.41, 5.74) is 0.904. The first-order valence-electron chi connectivity index (χ1n) is 6.00. The molecule has 0 radical (unpaired) electrons. The maximum absolute atomic E-state index is 11.9. The van der Waals surface area contributed by atoms with Crippen LogP contribution in [0.4, 0.5) is 8.78 Å². The van der Waals surface area contributed by atoms with Gasteiger partial charge in [0.1, 0.15) is 12.4 Å². The summed E-state index contributed by atoms with van der Waals surface area (Å²) < 4.78 is 30.2. The minimum Gasteiger partial charge on any atom is -0.375 e. The van der Waals surface area contributed by atoms with Crippen LogP contribution < -0.4 is 5.56 Å². The number of aryl methyl sites for hydroxylation is 1. The number of ether oxygens (including phenoxy) is 1. The molecule has 0 aliphatic carbocycles. The summed E-state index contributed by atoms with van der Waals surface area (Å²) in [4.78, 5) is 18.4. The number of aromatic nitrogens is 4. The molecule has 8 heteroatoms. The lowest BCUT2D eigenvalue weighted by molar-refractivity contribution is 0.0183. The van der Waals surface area contributed by atoms with Crippen molar-refractivity contribution in [2.75, 3.05) is 13.2 Å². The van der Waals surface area contributed by atoms with Gasteiger partial charge in [-0.25, -0.2) is 13.8 Å². The van der Waals surface area contributed by atoms with E-state index in [9.17, 15) is 13.6 Å². The van der Waals surface area contributed by atoms with Crippen LogP contribution in [0.1, 0.15) is 5.82 Å². The van der Waals surface area contributed by atoms with Crippen LogP contribution in [0.5, 0.6) is 0 Å². The number of nitrogens with one attached hydrogen (secondary N) is 1. The van der Waals surface area contributed by atoms with Crippen LogP contribution in [0.3, 0.4) is 0 Å². The summed E-state index contributed by atoms with van der Waals surface area (Å²) >= 11 is 0. The number of hydrogen-bond donors (Lipinski definition) is 1. The van der Waals surface area contributed by atoms with Crippen LogP contribution in [0.25, 0.3) is 11.3 Å². The molecule has 0 spiro atoms. The number of nitrogens with zero attached hydrogens (tertiary/aromatic N) is 3. The summed E-state index contributed by atoms with van der Waals surface area (Å²) in [5.74, 6) is 0.394. The van der Waals surface area contributed by atoms with Crippen molar-refractivity contribution >= 4 is 0 Å². The third kappa shape index (κ3) is 3.95. The normalized spacial score (nSPS) is 11.2. The Morgan fingerprint density at radius 2 is 2.30 bits per heavy atom. The highest BCUT2D eigenvalue weighted by atomic mass is 19.3. The topological polar surface area (TPSA) is 72.8 Å². The van der Waals surface area contributed by atoms with Crippen LogP contribution in [0, 0.1) is 0 Å². The second-order valence-corrected chi connectivity index (χ2v) is 4.20. The molecule has 2 aromatic rings. The average Bonchev–Trinajstić information content (AvgIpc) is 2.81. The van der Waals surface area contributed by atoms with Gasteiger partial charge in [0.15, 0.2) is 0 Å². The van der Waals surface area contributed by atoms with Crippen molar-refractivity contribution in [3.8, 4) is 11.3 Å². The van der Waals surface area contributed by atoms with E-state index in [1.165, 1.54) is 6.07 Å². The minimum absolute atomic E-state index is 0.0732. The lowest BCUT2D eigenvalue weighted by Crippen LogP contribution is -2.14. The molecule has 0 aliphatic heterocycles. The molecule has 2 rings (SSSR count). The van der Waals surface area contributed by atoms with Crippen molar-refractivity contribution < 1.29 is 13.5 Å². The second kappa shape index (κ2) is 6.38. The fourth-order valence-corrected chi connectivity index (χ4v) is 1.67. The Hall–Kier alpha value is -2.09. The molecule has 0 fully saturated rings. The molecule has 0 aliphatic rings. The number of halogens is 2. The van der Waals surface area contributed by atoms with E-state index >= 15 is 0 Å². The fourth-order valence-electron chi connectivity index (χ4n) is 1.67. The maximum Gasteiger partial charge on any atom is 0.261 e. The molecule has 0 aromatic carbocycles. The zero-order chi connectivity index (χ0) is 14.5. The van der Waals surface area contributed by atoms with Crippen LogP contribution >= 0.6 is 0 Å². The average molecular weight is 284 g/mol. The summed E-state index contributed by atoms with van der Waals surface area (Å²) in [6, 6.07) is 1.36. The lowest BCUT2D eigenvalue weighted by Gasteiger charge is -2.04. The van der Waals surface area contributed by atoms with E-state index in [1.54, 1.807) is 24.1 Å². The summed E-state index contributed by atoms with van der Waals surface area (Å²) in [5, 5.41) is 4.00. The van der Waals surface area contributed by atoms with Gasteiger partial charge >= 0.3 is 0 Å². The molecular weight excluding hydrogens is 270 g/mol. The van der Waals surface area contributed by atoms with E-state index in [-0.39, 0.29) is 18.6 Å². The van der Waals surface area contributed by atoms with Crippen molar-refractivity contribution in [3.05, 3.63) is 34.6 Å². The summed E-state index contributed by atoms with van der Waals surface area (Å²) in [6.07, 6.45) is 1.09. The molecule has 108 valence electrons. The van der Waals surface area contributed by atoms with Gasteiger partial charge in [-0.15, -0.1) is 0 Å². The van der Waals surface area contributed by atoms with E-state index in [4.69, 9.17) is 4.74 Å². The number of rotatable bonds is 6. The van der Waals surface area contributed by atoms with Gasteiger partial charge in [-0.05, 0) is 0 Å². The third-order valence-electron chi connectivity index (χ3n) is 2.52. The highest BCUT2D eigenvalue weighted by Gasteiger charge is 2.07. The van der Waals surface area contributed by atoms with E-state index in [2.05, 4.69) is 15.1 Å². The third-order valence-corrected chi connectivity index (χ3v) is 2.52. The van der Waals surface area contributed by atoms with Gasteiger partial charge < -0.3 is 9.72 Å². The van der Waals surface area contributed by atoms with Gasteiger partial charge in [-0.1, -0.05) is 0 Å². The van der Waals surface area contributed by atoms with Crippen molar-refractivity contribution in [1.29, 1.82) is 0 Å². The van der Waals surface area contributed by atoms with Gasteiger partial charge in [-0.2, -0.15) is 5.10 Å². The summed E-state index contributed by atoms with van der Waals surface area (Å²) in [7, 11) is 1.76. The highest BCUT2D eigenvalue weighted by Crippen LogP contribution is 2.13. The van der Waals surface area contributed by atoms with Crippen LogP contribution in [0.2, 0.25) is 0 Å². The standard InChI is InChI=1S/C12H14F2N4O2/c1-18-6-8(5-15-18)9-4-12(19)17-11(16-9)2-3-20-7-10(13)14/h4-6,10H,2-3,7H2,1H3,(H,16,17,19). The lowest BCUT2D eigenvalue weighted by atomic mass is 10.2. The van der Waals surface area contributed by atoms with Gasteiger partial charge in [0, 0.05) is 31.3 Å². The second-order valence-electron chi connectivity index (χ2n) is 4.20. The number of H-pyrrole nitrogens is 1. The SMILES string of the molecule is Cn1cc(-c2cc(=O)[nH]c(CCOCC(F)F)n2)cn1. The van der Waals surface area contributed by atoms with E-state index < -0.39 is 13.0 Å². The Bertz CT molecular complexity index is 624. The molecule has 0 unspecified atom stereocenters. The molecule has 0 saturated heterocycles. The Kier molecular flexibility index (Phi) is 4.57. The van der Waals surface area contributed by atoms with Crippen molar-refractivity contribution in [3.63, 3.8) is 0 Å². The van der Waals surface area contributed by atoms with E-state index in [1.807, 2.05) is 0 Å². The first-order chi connectivity index (χ1) is 9.54. The predicted molar refractivity (Wildman–Crippen MR) is 67.6 cm³/mol. The van der Waals surface area contributed by atoms with Crippen molar-refractivity contribution in [2.45, 2.75) is 12.8 Å². The van der Waals surface area contributed by atoms with Gasteiger partial charge in [-0.3, -0.25) is 9.48 Å². The number of hydrogen-bond acceptors (Lipinski definition) is 4. The maximum atomic E-state index is 11.9. The molecule has 0 saturated carbocycles. The molecule has 20 heavy (non-hydrogen) atoms. The van der Waals surface area contributed by atoms with Gasteiger partial charge in [0.05, 0.1) is 18.5 Å². The highest BCUT2D eigenvalue weighted by molar-refractivity contribution is 5.56. The first-order valence-corrected chi connectivity index (χ1v) is 6.00. The predicted octanol–water partition coefficient (Wildman–Crippen LogP) is 0.995. The van der Waals surface area contributed by atoms with Crippen molar-refractivity contribution in [1.82, 2.24) is 19.7 Å². The Morgan fingerprint density at radius 1 is 1.50 bits per heavy atom. The molecule has 2 heterocycles. The molecule has 0 bridgehead atoms. The minimum atomic E-state index is -2.50. The van der Waals surface area contributed by atoms with Gasteiger partial charge in [0.2, 0.25) is 0 Å². The molecule has 1 N–H and O–H groups in total. The zero-order valence-electron chi connectivity index (χ0n) is 10.8. The quantitative estimate of drug-likeness (QED) is 0.803. The van der Waals surface area contributed by atoms with Crippen LogP contribution in [0.15, 0.2) is 23.3 Å². The number of aromatic amines is 1. The van der Waals surface area contributed by atoms with Crippen LogP contribution in [-0.4, -0.2) is 39.4 Å². The summed E-state index contributed by atoms with van der Waals surface area (Å²) in [6.45, 7) is -0.545. The fraction of sp³-hybridized carbons (Fsp3) is 0.417. The Morgan fingerprint density at radius 3 is 2.95 bits per heavy atom. The van der Waals surface area contributed by atoms with E-state index in [0.717, 1.165) is 0 Å². The molecule has 2 aromatic heterocycles. The monoisotopic (exact) mass is 284 g/mol. The molecule has 6 nitrogen and oxygen atoms in total. The Balaban J connectivity index is 2.07. The van der Waals surface area contributed by atoms with E-state index in [0.29, 0.717) is 17.1 Å². The van der Waals surface area contributed by atoms with Crippen LogP contribution in [-0.2, 0) is 18.2 Å². The zero-order valence-corrected chi connectivity index (χ0v) is 10.8. The largest absolute Gasteiger partial charge is 0.375 e. The molecule has 0 atom stereocenters. The Labute approximate surface area is 113 Å². The number of alkyl halides is 2. The molecular formula is C12H14F2N4O2. The first kappa shape index (κ1) is 14.3.